The maximum Gasteiger partial charge on any atom is 0.231 e. The van der Waals surface area contributed by atoms with Crippen LogP contribution in [0.3, 0.4) is 0 Å². The van der Waals surface area contributed by atoms with Gasteiger partial charge >= 0.3 is 0 Å². The number of fused-ring (bicyclic) bond motifs is 2. The average molecular weight is 471 g/mol. The van der Waals surface area contributed by atoms with E-state index in [0.29, 0.717) is 6.61 Å². The zero-order chi connectivity index (χ0) is 24.0. The number of hydrogen-bond acceptors (Lipinski definition) is 7. The molecule has 7 heteroatoms. The van der Waals surface area contributed by atoms with Crippen molar-refractivity contribution in [2.24, 2.45) is 17.8 Å². The van der Waals surface area contributed by atoms with Gasteiger partial charge in [0.05, 0.1) is 19.3 Å². The van der Waals surface area contributed by atoms with Crippen molar-refractivity contribution in [3.63, 3.8) is 0 Å². The van der Waals surface area contributed by atoms with Crippen LogP contribution in [0.25, 0.3) is 0 Å². The fraction of sp³-hybridized carbons (Fsp3) is 0.556. The van der Waals surface area contributed by atoms with Gasteiger partial charge in [-0.05, 0) is 72.1 Å². The number of rotatable bonds is 5. The van der Waals surface area contributed by atoms with Crippen LogP contribution in [0.2, 0.25) is 0 Å². The molecule has 0 radical (unpaired) electrons. The number of aliphatic hydroxyl groups is 3. The highest BCUT2D eigenvalue weighted by molar-refractivity contribution is 5.51. The standard InChI is InChI=1S/C27H34O7/c1-14-6-18-8-19(10-28)21(11-31-27-26(30)16(3)22(29)12-32-27)25(20(18)7-15(14)2)17-4-5-23-24(9-17)34-13-33-23/h4-7,9,16,19,21-22,25-30H,8,10-13H2,1-3H3/t16-,19+,21+,22+,25?,26+,27+/m0/s1. The van der Waals surface area contributed by atoms with E-state index in [2.05, 4.69) is 32.0 Å². The molecule has 1 aliphatic carbocycles. The predicted molar refractivity (Wildman–Crippen MR) is 125 cm³/mol. The zero-order valence-corrected chi connectivity index (χ0v) is 19.9. The maximum atomic E-state index is 10.6. The van der Waals surface area contributed by atoms with E-state index < -0.39 is 18.5 Å². The Morgan fingerprint density at radius 3 is 2.59 bits per heavy atom. The van der Waals surface area contributed by atoms with Gasteiger partial charge in [0.1, 0.15) is 6.10 Å². The second kappa shape index (κ2) is 9.47. The van der Waals surface area contributed by atoms with Gasteiger partial charge in [-0.25, -0.2) is 0 Å². The molecule has 1 saturated heterocycles. The first-order valence-corrected chi connectivity index (χ1v) is 12.1. The molecule has 2 aromatic rings. The molecule has 1 unspecified atom stereocenters. The van der Waals surface area contributed by atoms with Crippen LogP contribution in [0.15, 0.2) is 30.3 Å². The Kier molecular flexibility index (Phi) is 6.57. The number of ether oxygens (including phenoxy) is 4. The predicted octanol–water partition coefficient (Wildman–Crippen LogP) is 2.68. The molecule has 3 N–H and O–H groups in total. The lowest BCUT2D eigenvalue weighted by Gasteiger charge is -2.42. The van der Waals surface area contributed by atoms with E-state index in [1.54, 1.807) is 6.92 Å². The number of aryl methyl sites for hydroxylation is 2. The summed E-state index contributed by atoms with van der Waals surface area (Å²) in [5.74, 6) is 1.03. The minimum Gasteiger partial charge on any atom is -0.454 e. The van der Waals surface area contributed by atoms with Crippen molar-refractivity contribution < 1.29 is 34.3 Å². The van der Waals surface area contributed by atoms with E-state index in [1.807, 2.05) is 12.1 Å². The molecule has 0 amide bonds. The highest BCUT2D eigenvalue weighted by Crippen LogP contribution is 2.47. The summed E-state index contributed by atoms with van der Waals surface area (Å²) in [5.41, 5.74) is 6.01. The Morgan fingerprint density at radius 2 is 1.79 bits per heavy atom. The van der Waals surface area contributed by atoms with Crippen LogP contribution in [-0.2, 0) is 15.9 Å². The van der Waals surface area contributed by atoms with Gasteiger partial charge in [-0.15, -0.1) is 0 Å². The van der Waals surface area contributed by atoms with Crippen LogP contribution in [0.1, 0.15) is 40.7 Å². The Morgan fingerprint density at radius 1 is 1.03 bits per heavy atom. The quantitative estimate of drug-likeness (QED) is 0.618. The largest absolute Gasteiger partial charge is 0.454 e. The summed E-state index contributed by atoms with van der Waals surface area (Å²) in [4.78, 5) is 0. The normalized spacial score (nSPS) is 32.5. The highest BCUT2D eigenvalue weighted by atomic mass is 16.7. The van der Waals surface area contributed by atoms with Crippen molar-refractivity contribution >= 4 is 0 Å². The SMILES string of the molecule is Cc1cc2c(cc1C)C(c1ccc3c(c1)OCO3)[C@H](CO[C@@H]1OC[C@@H](O)[C@H](C)[C@H]1O)[C@@H](CO)C2. The van der Waals surface area contributed by atoms with Crippen LogP contribution >= 0.6 is 0 Å². The van der Waals surface area contributed by atoms with Gasteiger partial charge in [-0.3, -0.25) is 0 Å². The summed E-state index contributed by atoms with van der Waals surface area (Å²) in [5, 5.41) is 31.0. The zero-order valence-electron chi connectivity index (χ0n) is 19.9. The Bertz CT molecular complexity index is 1040. The van der Waals surface area contributed by atoms with E-state index in [1.165, 1.54) is 22.3 Å². The third-order valence-corrected chi connectivity index (χ3v) is 7.91. The smallest absolute Gasteiger partial charge is 0.231 e. The third kappa shape index (κ3) is 4.20. The monoisotopic (exact) mass is 470 g/mol. The molecular formula is C27H34O7. The Labute approximate surface area is 200 Å². The van der Waals surface area contributed by atoms with Gasteiger partial charge in [0.25, 0.3) is 0 Å². The molecule has 2 aliphatic heterocycles. The number of aliphatic hydroxyl groups excluding tert-OH is 3. The van der Waals surface area contributed by atoms with Crippen molar-refractivity contribution in [2.75, 3.05) is 26.6 Å². The second-order valence-corrected chi connectivity index (χ2v) is 9.99. The topological polar surface area (TPSA) is 97.6 Å². The van der Waals surface area contributed by atoms with Gasteiger partial charge in [-0.1, -0.05) is 25.1 Å². The van der Waals surface area contributed by atoms with Crippen LogP contribution < -0.4 is 9.47 Å². The molecule has 5 rings (SSSR count). The van der Waals surface area contributed by atoms with Gasteiger partial charge in [0, 0.05) is 18.4 Å². The molecule has 1 fully saturated rings. The van der Waals surface area contributed by atoms with E-state index in [0.717, 1.165) is 23.5 Å². The Balaban J connectivity index is 1.50. The van der Waals surface area contributed by atoms with Crippen LogP contribution in [0, 0.1) is 31.6 Å². The first-order valence-electron chi connectivity index (χ1n) is 12.1. The molecule has 7 nitrogen and oxygen atoms in total. The van der Waals surface area contributed by atoms with Crippen molar-refractivity contribution in [1.29, 1.82) is 0 Å². The van der Waals surface area contributed by atoms with Crippen LogP contribution in [0.4, 0.5) is 0 Å². The summed E-state index contributed by atoms with van der Waals surface area (Å²) < 4.78 is 22.9. The van der Waals surface area contributed by atoms with Gasteiger partial charge in [0.15, 0.2) is 17.8 Å². The summed E-state index contributed by atoms with van der Waals surface area (Å²) in [7, 11) is 0. The lowest BCUT2D eigenvalue weighted by Crippen LogP contribution is -2.50. The lowest BCUT2D eigenvalue weighted by atomic mass is 9.66. The lowest BCUT2D eigenvalue weighted by molar-refractivity contribution is -0.259. The molecule has 0 saturated carbocycles. The molecule has 0 spiro atoms. The Hall–Kier alpha value is -2.16. The van der Waals surface area contributed by atoms with Crippen molar-refractivity contribution in [3.05, 3.63) is 58.1 Å². The first kappa shape index (κ1) is 23.6. The summed E-state index contributed by atoms with van der Waals surface area (Å²) in [6.45, 7) is 6.71. The summed E-state index contributed by atoms with van der Waals surface area (Å²) >= 11 is 0. The van der Waals surface area contributed by atoms with Gasteiger partial charge in [0.2, 0.25) is 6.79 Å². The minimum atomic E-state index is -0.916. The van der Waals surface area contributed by atoms with Crippen molar-refractivity contribution in [1.82, 2.24) is 0 Å². The van der Waals surface area contributed by atoms with E-state index in [4.69, 9.17) is 18.9 Å². The van der Waals surface area contributed by atoms with E-state index in [9.17, 15) is 15.3 Å². The molecule has 34 heavy (non-hydrogen) atoms. The molecule has 7 atom stereocenters. The van der Waals surface area contributed by atoms with Crippen LogP contribution in [-0.4, -0.2) is 60.4 Å². The third-order valence-electron chi connectivity index (χ3n) is 7.91. The highest BCUT2D eigenvalue weighted by Gasteiger charge is 2.41. The summed E-state index contributed by atoms with van der Waals surface area (Å²) in [6.07, 6.45) is -1.68. The summed E-state index contributed by atoms with van der Waals surface area (Å²) in [6, 6.07) is 10.5. The maximum absolute atomic E-state index is 10.6. The van der Waals surface area contributed by atoms with Crippen molar-refractivity contribution in [2.45, 2.75) is 51.6 Å². The molecule has 2 heterocycles. The molecule has 2 aromatic carbocycles. The van der Waals surface area contributed by atoms with Crippen molar-refractivity contribution in [3.8, 4) is 11.5 Å². The fourth-order valence-electron chi connectivity index (χ4n) is 5.54. The van der Waals surface area contributed by atoms with E-state index in [-0.39, 0.29) is 43.7 Å². The molecule has 184 valence electrons. The van der Waals surface area contributed by atoms with Crippen LogP contribution in [0.5, 0.6) is 11.5 Å². The van der Waals surface area contributed by atoms with Gasteiger partial charge in [-0.2, -0.15) is 0 Å². The molecule has 3 aliphatic rings. The first-order chi connectivity index (χ1) is 16.4. The molecular weight excluding hydrogens is 436 g/mol. The number of hydrogen-bond donors (Lipinski definition) is 3. The van der Waals surface area contributed by atoms with Gasteiger partial charge < -0.3 is 34.3 Å². The van der Waals surface area contributed by atoms with E-state index >= 15 is 0 Å². The second-order valence-electron chi connectivity index (χ2n) is 9.99. The molecule has 0 bridgehead atoms. The minimum absolute atomic E-state index is 0.0197. The average Bonchev–Trinajstić information content (AvgIpc) is 3.30. The fourth-order valence-corrected chi connectivity index (χ4v) is 5.54. The molecule has 0 aromatic heterocycles. The number of benzene rings is 2.